The third-order valence-corrected chi connectivity index (χ3v) is 5.73. The van der Waals surface area contributed by atoms with Gasteiger partial charge in [-0.05, 0) is 17.9 Å². The lowest BCUT2D eigenvalue weighted by molar-refractivity contribution is -0.351. The van der Waals surface area contributed by atoms with Crippen LogP contribution in [0.15, 0.2) is 66.7 Å². The van der Waals surface area contributed by atoms with E-state index in [0.717, 1.165) is 21.9 Å². The van der Waals surface area contributed by atoms with Crippen LogP contribution in [0.1, 0.15) is 17.4 Å². The zero-order valence-electron chi connectivity index (χ0n) is 16.5. The molecule has 0 spiro atoms. The molecule has 0 amide bonds. The van der Waals surface area contributed by atoms with Gasteiger partial charge in [0.15, 0.2) is 18.7 Å². The van der Waals surface area contributed by atoms with Crippen LogP contribution in [0.2, 0.25) is 0 Å². The zero-order valence-corrected chi connectivity index (χ0v) is 16.5. The van der Waals surface area contributed by atoms with Crippen molar-refractivity contribution in [3.63, 3.8) is 0 Å². The van der Waals surface area contributed by atoms with Gasteiger partial charge in [-0.1, -0.05) is 66.7 Å². The van der Waals surface area contributed by atoms with E-state index in [1.165, 1.54) is 0 Å². The highest BCUT2D eigenvalue weighted by Crippen LogP contribution is 2.37. The highest BCUT2D eigenvalue weighted by Gasteiger charge is 2.50. The van der Waals surface area contributed by atoms with E-state index < -0.39 is 37.0 Å². The van der Waals surface area contributed by atoms with Gasteiger partial charge in [-0.3, -0.25) is 0 Å². The van der Waals surface area contributed by atoms with Gasteiger partial charge in [-0.25, -0.2) is 0 Å². The van der Waals surface area contributed by atoms with Crippen LogP contribution in [0.3, 0.4) is 0 Å². The third kappa shape index (κ3) is 3.47. The van der Waals surface area contributed by atoms with Crippen LogP contribution in [-0.2, 0) is 14.2 Å². The summed E-state index contributed by atoms with van der Waals surface area (Å²) >= 11 is 0. The van der Waals surface area contributed by atoms with Gasteiger partial charge in [-0.2, -0.15) is 0 Å². The molecule has 5 rings (SSSR count). The maximum atomic E-state index is 10.7. The summed E-state index contributed by atoms with van der Waals surface area (Å²) in [5, 5.41) is 23.0. The van der Waals surface area contributed by atoms with E-state index in [9.17, 15) is 10.2 Å². The quantitative estimate of drug-likeness (QED) is 0.694. The fraction of sp³-hybridized carbons (Fsp3) is 0.333. The molecule has 0 radical (unpaired) electrons. The van der Waals surface area contributed by atoms with Gasteiger partial charge in [0.2, 0.25) is 0 Å². The monoisotopic (exact) mass is 408 g/mol. The predicted octanol–water partition coefficient (Wildman–Crippen LogP) is 3.09. The summed E-state index contributed by atoms with van der Waals surface area (Å²) in [4.78, 5) is 0. The first kappa shape index (κ1) is 19.5. The summed E-state index contributed by atoms with van der Waals surface area (Å²) in [6, 6.07) is 21.5. The van der Waals surface area contributed by atoms with Gasteiger partial charge < -0.3 is 29.2 Å². The van der Waals surface area contributed by atoms with Gasteiger partial charge in [0, 0.05) is 10.9 Å². The van der Waals surface area contributed by atoms with Crippen LogP contribution in [0.4, 0.5) is 0 Å². The first-order chi connectivity index (χ1) is 14.6. The molecular formula is C24H24O6. The molecule has 0 aromatic heterocycles. The second kappa shape index (κ2) is 7.98. The Kier molecular flexibility index (Phi) is 5.18. The highest BCUT2D eigenvalue weighted by atomic mass is 16.7. The molecule has 0 aliphatic carbocycles. The van der Waals surface area contributed by atoms with E-state index in [1.807, 2.05) is 73.7 Å². The lowest BCUT2D eigenvalue weighted by Crippen LogP contribution is -2.63. The fourth-order valence-corrected chi connectivity index (χ4v) is 4.13. The van der Waals surface area contributed by atoms with Gasteiger partial charge in [0.05, 0.1) is 6.61 Å². The molecule has 30 heavy (non-hydrogen) atoms. The summed E-state index contributed by atoms with van der Waals surface area (Å²) in [7, 11) is 0. The SMILES string of the molecule is Cc1ccc2ccccc2c1O[C@@H]1[C@@H](O)[C@H](O)O[C@@H]2COC(c3ccccc3)O[C@@H]12. The van der Waals surface area contributed by atoms with Crippen molar-refractivity contribution >= 4 is 10.8 Å². The number of hydrogen-bond donors (Lipinski definition) is 2. The van der Waals surface area contributed by atoms with Crippen molar-refractivity contribution in [2.75, 3.05) is 6.61 Å². The molecule has 2 heterocycles. The molecule has 2 aliphatic rings. The number of ether oxygens (including phenoxy) is 4. The molecule has 6 nitrogen and oxygen atoms in total. The molecule has 3 aromatic carbocycles. The third-order valence-electron chi connectivity index (χ3n) is 5.73. The average molecular weight is 408 g/mol. The summed E-state index contributed by atoms with van der Waals surface area (Å²) in [5.74, 6) is 0.663. The van der Waals surface area contributed by atoms with Crippen molar-refractivity contribution in [2.24, 2.45) is 0 Å². The minimum absolute atomic E-state index is 0.225. The van der Waals surface area contributed by atoms with Crippen molar-refractivity contribution in [1.82, 2.24) is 0 Å². The average Bonchev–Trinajstić information content (AvgIpc) is 2.78. The van der Waals surface area contributed by atoms with Gasteiger partial charge >= 0.3 is 0 Å². The molecule has 6 atom stereocenters. The number of fused-ring (bicyclic) bond motifs is 2. The second-order valence-electron chi connectivity index (χ2n) is 7.75. The molecule has 2 N–H and O–H groups in total. The first-order valence-electron chi connectivity index (χ1n) is 10.1. The largest absolute Gasteiger partial charge is 0.484 e. The Morgan fingerprint density at radius 1 is 0.900 bits per heavy atom. The predicted molar refractivity (Wildman–Crippen MR) is 110 cm³/mol. The van der Waals surface area contributed by atoms with E-state index >= 15 is 0 Å². The minimum Gasteiger partial charge on any atom is -0.484 e. The van der Waals surface area contributed by atoms with Gasteiger partial charge in [-0.15, -0.1) is 0 Å². The molecular weight excluding hydrogens is 384 g/mol. The maximum absolute atomic E-state index is 10.7. The van der Waals surface area contributed by atoms with Crippen LogP contribution >= 0.6 is 0 Å². The molecule has 1 unspecified atom stereocenters. The summed E-state index contributed by atoms with van der Waals surface area (Å²) in [6.07, 6.45) is -5.23. The first-order valence-corrected chi connectivity index (χ1v) is 10.1. The van der Waals surface area contributed by atoms with Crippen LogP contribution in [0, 0.1) is 6.92 Å². The normalized spacial score (nSPS) is 31.3. The Labute approximate surface area is 174 Å². The van der Waals surface area contributed by atoms with Crippen LogP contribution in [0.25, 0.3) is 10.8 Å². The molecule has 3 aromatic rings. The standard InChI is InChI=1S/C24H24O6/c1-14-11-12-15-7-5-6-10-17(15)20(14)29-22-19(25)23(26)28-18-13-27-24(30-21(18)22)16-8-3-2-4-9-16/h2-12,18-19,21-26H,13H2,1H3/t18-,19-,21-,22-,23-,24?/m1/s1. The number of aliphatic hydroxyl groups is 2. The number of hydrogen-bond acceptors (Lipinski definition) is 6. The lowest BCUT2D eigenvalue weighted by atomic mass is 9.97. The van der Waals surface area contributed by atoms with E-state index in [-0.39, 0.29) is 6.61 Å². The molecule has 6 heteroatoms. The van der Waals surface area contributed by atoms with E-state index in [2.05, 4.69) is 0 Å². The molecule has 0 bridgehead atoms. The van der Waals surface area contributed by atoms with Crippen molar-refractivity contribution in [2.45, 2.75) is 43.9 Å². The summed E-state index contributed by atoms with van der Waals surface area (Å²) in [5.41, 5.74) is 1.81. The molecule has 156 valence electrons. The number of benzene rings is 3. The van der Waals surface area contributed by atoms with Gasteiger partial charge in [0.1, 0.15) is 24.1 Å². The Bertz CT molecular complexity index is 1020. The van der Waals surface area contributed by atoms with E-state index in [1.54, 1.807) is 0 Å². The number of aliphatic hydroxyl groups excluding tert-OH is 2. The van der Waals surface area contributed by atoms with Crippen molar-refractivity contribution in [1.29, 1.82) is 0 Å². The van der Waals surface area contributed by atoms with Crippen LogP contribution in [-0.4, -0.2) is 47.5 Å². The van der Waals surface area contributed by atoms with Crippen LogP contribution in [0.5, 0.6) is 5.75 Å². The Hall–Kier alpha value is -2.48. The van der Waals surface area contributed by atoms with Crippen molar-refractivity contribution < 1.29 is 29.2 Å². The molecule has 2 aliphatic heterocycles. The molecule has 2 saturated heterocycles. The number of rotatable bonds is 3. The molecule has 0 saturated carbocycles. The maximum Gasteiger partial charge on any atom is 0.185 e. The summed E-state index contributed by atoms with van der Waals surface area (Å²) in [6.45, 7) is 2.18. The van der Waals surface area contributed by atoms with E-state index in [4.69, 9.17) is 18.9 Å². The molecule has 2 fully saturated rings. The van der Waals surface area contributed by atoms with E-state index in [0.29, 0.717) is 5.75 Å². The second-order valence-corrected chi connectivity index (χ2v) is 7.75. The van der Waals surface area contributed by atoms with Crippen LogP contribution < -0.4 is 4.74 Å². The van der Waals surface area contributed by atoms with Crippen molar-refractivity contribution in [3.05, 3.63) is 77.9 Å². The Balaban J connectivity index is 1.49. The number of aryl methyl sites for hydroxylation is 1. The Morgan fingerprint density at radius 2 is 1.67 bits per heavy atom. The highest BCUT2D eigenvalue weighted by molar-refractivity contribution is 5.89. The topological polar surface area (TPSA) is 77.4 Å². The Morgan fingerprint density at radius 3 is 2.50 bits per heavy atom. The van der Waals surface area contributed by atoms with Gasteiger partial charge in [0.25, 0.3) is 0 Å². The fourth-order valence-electron chi connectivity index (χ4n) is 4.13. The van der Waals surface area contributed by atoms with Crippen molar-refractivity contribution in [3.8, 4) is 5.75 Å². The minimum atomic E-state index is -1.38. The zero-order chi connectivity index (χ0) is 20.7. The lowest BCUT2D eigenvalue weighted by Gasteiger charge is -2.46. The smallest absolute Gasteiger partial charge is 0.185 e. The summed E-state index contributed by atoms with van der Waals surface area (Å²) < 4.78 is 23.9.